The third-order valence-corrected chi connectivity index (χ3v) is 2.76. The van der Waals surface area contributed by atoms with E-state index in [4.69, 9.17) is 22.1 Å². The number of pyridine rings is 1. The van der Waals surface area contributed by atoms with Gasteiger partial charge in [0.25, 0.3) is 0 Å². The van der Waals surface area contributed by atoms with Gasteiger partial charge in [-0.15, -0.1) is 0 Å². The average Bonchev–Trinajstić information content (AvgIpc) is 2.63. The van der Waals surface area contributed by atoms with Gasteiger partial charge in [-0.25, -0.2) is 4.98 Å². The summed E-state index contributed by atoms with van der Waals surface area (Å²) in [7, 11) is 1.64. The third kappa shape index (κ3) is 1.99. The van der Waals surface area contributed by atoms with Gasteiger partial charge in [-0.1, -0.05) is 11.6 Å². The van der Waals surface area contributed by atoms with Gasteiger partial charge in [0.2, 0.25) is 0 Å². The first-order valence-electron chi connectivity index (χ1n) is 5.17. The Kier molecular flexibility index (Phi) is 3.31. The number of nitrogens with zero attached hydrogens (tertiary/aromatic N) is 2. The highest BCUT2D eigenvalue weighted by Gasteiger charge is 2.09. The smallest absolute Gasteiger partial charge is 0.155 e. The molecule has 0 bridgehead atoms. The molecule has 0 saturated heterocycles. The first-order chi connectivity index (χ1) is 7.76. The number of aromatic nitrogens is 2. The molecule has 16 heavy (non-hydrogen) atoms. The molecule has 4 nitrogen and oxygen atoms in total. The Morgan fingerprint density at radius 2 is 2.31 bits per heavy atom. The van der Waals surface area contributed by atoms with E-state index in [9.17, 15) is 0 Å². The fourth-order valence-corrected chi connectivity index (χ4v) is 1.90. The van der Waals surface area contributed by atoms with Crippen LogP contribution in [0.4, 0.5) is 0 Å². The minimum atomic E-state index is 0.523. The molecule has 0 radical (unpaired) electrons. The van der Waals surface area contributed by atoms with Gasteiger partial charge in [-0.3, -0.25) is 4.40 Å². The molecule has 2 aromatic heterocycles. The molecule has 2 heterocycles. The largest absolute Gasteiger partial charge is 0.495 e. The number of rotatable bonds is 4. The summed E-state index contributed by atoms with van der Waals surface area (Å²) in [6, 6.07) is 3.77. The Bertz CT molecular complexity index is 495. The van der Waals surface area contributed by atoms with Gasteiger partial charge in [0.1, 0.15) is 11.6 Å². The van der Waals surface area contributed by atoms with Crippen molar-refractivity contribution in [2.45, 2.75) is 12.8 Å². The summed E-state index contributed by atoms with van der Waals surface area (Å²) in [5.41, 5.74) is 6.39. The lowest BCUT2D eigenvalue weighted by Gasteiger charge is -2.03. The average molecular weight is 240 g/mol. The number of ether oxygens (including phenoxy) is 1. The molecule has 0 aliphatic heterocycles. The molecule has 0 aromatic carbocycles. The molecule has 0 saturated carbocycles. The summed E-state index contributed by atoms with van der Waals surface area (Å²) in [6.45, 7) is 0.649. The number of hydrogen-bond acceptors (Lipinski definition) is 3. The van der Waals surface area contributed by atoms with Crippen molar-refractivity contribution in [2.75, 3.05) is 13.7 Å². The minimum Gasteiger partial charge on any atom is -0.495 e. The number of fused-ring (bicyclic) bond motifs is 1. The molecular weight excluding hydrogens is 226 g/mol. The molecule has 0 aliphatic carbocycles. The van der Waals surface area contributed by atoms with Crippen LogP contribution in [0.25, 0.3) is 5.52 Å². The second kappa shape index (κ2) is 4.72. The second-order valence-corrected chi connectivity index (χ2v) is 3.89. The zero-order valence-electron chi connectivity index (χ0n) is 9.11. The summed E-state index contributed by atoms with van der Waals surface area (Å²) >= 11 is 6.05. The SMILES string of the molecule is COc1ccc2c(Cl)nc(CCCN)n2c1. The van der Waals surface area contributed by atoms with E-state index >= 15 is 0 Å². The van der Waals surface area contributed by atoms with Crippen molar-refractivity contribution in [3.05, 3.63) is 29.3 Å². The highest BCUT2D eigenvalue weighted by Crippen LogP contribution is 2.22. The van der Waals surface area contributed by atoms with Crippen molar-refractivity contribution in [2.24, 2.45) is 5.73 Å². The standard InChI is InChI=1S/C11H14ClN3O/c1-16-8-4-5-9-11(12)14-10(3-2-6-13)15(9)7-8/h4-5,7H,2-3,6,13H2,1H3. The lowest BCUT2D eigenvalue weighted by Crippen LogP contribution is -2.03. The maximum absolute atomic E-state index is 6.05. The minimum absolute atomic E-state index is 0.523. The summed E-state index contributed by atoms with van der Waals surface area (Å²) in [4.78, 5) is 4.32. The van der Waals surface area contributed by atoms with Crippen molar-refractivity contribution in [1.29, 1.82) is 0 Å². The predicted octanol–water partition coefficient (Wildman–Crippen LogP) is 1.89. The molecular formula is C11H14ClN3O. The van der Waals surface area contributed by atoms with Crippen molar-refractivity contribution in [3.8, 4) is 5.75 Å². The van der Waals surface area contributed by atoms with Crippen LogP contribution in [0.2, 0.25) is 5.15 Å². The summed E-state index contributed by atoms with van der Waals surface area (Å²) in [5, 5.41) is 0.523. The molecule has 0 unspecified atom stereocenters. The first kappa shape index (κ1) is 11.2. The van der Waals surface area contributed by atoms with Crippen LogP contribution in [0.1, 0.15) is 12.2 Å². The molecule has 2 N–H and O–H groups in total. The number of nitrogens with two attached hydrogens (primary N) is 1. The molecule has 86 valence electrons. The van der Waals surface area contributed by atoms with E-state index in [0.29, 0.717) is 11.7 Å². The summed E-state index contributed by atoms with van der Waals surface area (Å²) in [5.74, 6) is 1.71. The topological polar surface area (TPSA) is 52.5 Å². The molecule has 0 spiro atoms. The van der Waals surface area contributed by atoms with E-state index < -0.39 is 0 Å². The monoisotopic (exact) mass is 239 g/mol. The zero-order chi connectivity index (χ0) is 11.5. The molecule has 0 aliphatic rings. The van der Waals surface area contributed by atoms with Crippen LogP contribution >= 0.6 is 11.6 Å². The van der Waals surface area contributed by atoms with Gasteiger partial charge in [-0.05, 0) is 25.1 Å². The van der Waals surface area contributed by atoms with E-state index in [2.05, 4.69) is 4.98 Å². The number of halogens is 1. The van der Waals surface area contributed by atoms with Crippen LogP contribution in [-0.2, 0) is 6.42 Å². The van der Waals surface area contributed by atoms with Crippen LogP contribution < -0.4 is 10.5 Å². The van der Waals surface area contributed by atoms with Crippen LogP contribution in [0.5, 0.6) is 5.75 Å². The van der Waals surface area contributed by atoms with E-state index in [-0.39, 0.29) is 0 Å². The molecule has 0 fully saturated rings. The number of imidazole rings is 1. The number of methoxy groups -OCH3 is 1. The predicted molar refractivity (Wildman–Crippen MR) is 64.1 cm³/mol. The van der Waals surface area contributed by atoms with E-state index in [0.717, 1.165) is 29.9 Å². The van der Waals surface area contributed by atoms with E-state index in [1.165, 1.54) is 0 Å². The Labute approximate surface area is 99.0 Å². The lowest BCUT2D eigenvalue weighted by atomic mass is 10.3. The van der Waals surface area contributed by atoms with E-state index in [1.54, 1.807) is 7.11 Å². The summed E-state index contributed by atoms with van der Waals surface area (Å²) in [6.07, 6.45) is 3.60. The van der Waals surface area contributed by atoms with Crippen molar-refractivity contribution in [3.63, 3.8) is 0 Å². The van der Waals surface area contributed by atoms with Gasteiger partial charge in [0.15, 0.2) is 5.15 Å². The fourth-order valence-electron chi connectivity index (χ4n) is 1.64. The lowest BCUT2D eigenvalue weighted by molar-refractivity contribution is 0.412. The maximum Gasteiger partial charge on any atom is 0.155 e. The fraction of sp³-hybridized carbons (Fsp3) is 0.364. The third-order valence-electron chi connectivity index (χ3n) is 2.48. The Morgan fingerprint density at radius 3 is 3.00 bits per heavy atom. The highest BCUT2D eigenvalue weighted by molar-refractivity contribution is 6.32. The molecule has 5 heteroatoms. The van der Waals surface area contributed by atoms with Crippen molar-refractivity contribution in [1.82, 2.24) is 9.38 Å². The zero-order valence-corrected chi connectivity index (χ0v) is 9.87. The Hall–Kier alpha value is -1.26. The van der Waals surface area contributed by atoms with Gasteiger partial charge < -0.3 is 10.5 Å². The Morgan fingerprint density at radius 1 is 1.50 bits per heavy atom. The van der Waals surface area contributed by atoms with Crippen molar-refractivity contribution >= 4 is 17.1 Å². The second-order valence-electron chi connectivity index (χ2n) is 3.54. The number of hydrogen-bond donors (Lipinski definition) is 1. The van der Waals surface area contributed by atoms with Crippen LogP contribution in [0.3, 0.4) is 0 Å². The Balaban J connectivity index is 2.47. The normalized spacial score (nSPS) is 10.9. The van der Waals surface area contributed by atoms with Crippen molar-refractivity contribution < 1.29 is 4.74 Å². The van der Waals surface area contributed by atoms with Gasteiger partial charge in [0.05, 0.1) is 18.8 Å². The first-order valence-corrected chi connectivity index (χ1v) is 5.54. The van der Waals surface area contributed by atoms with Gasteiger partial charge in [-0.2, -0.15) is 0 Å². The molecule has 2 aromatic rings. The number of aryl methyl sites for hydroxylation is 1. The maximum atomic E-state index is 6.05. The van der Waals surface area contributed by atoms with Gasteiger partial charge in [0, 0.05) is 6.42 Å². The van der Waals surface area contributed by atoms with Crippen LogP contribution in [0.15, 0.2) is 18.3 Å². The van der Waals surface area contributed by atoms with Crippen LogP contribution in [-0.4, -0.2) is 23.0 Å². The van der Waals surface area contributed by atoms with E-state index in [1.807, 2.05) is 22.7 Å². The summed E-state index contributed by atoms with van der Waals surface area (Å²) < 4.78 is 7.13. The molecule has 0 amide bonds. The van der Waals surface area contributed by atoms with Crippen LogP contribution in [0, 0.1) is 0 Å². The molecule has 2 rings (SSSR count). The molecule has 0 atom stereocenters. The highest BCUT2D eigenvalue weighted by atomic mass is 35.5. The van der Waals surface area contributed by atoms with Gasteiger partial charge >= 0.3 is 0 Å². The quantitative estimate of drug-likeness (QED) is 0.887.